The summed E-state index contributed by atoms with van der Waals surface area (Å²) in [6, 6.07) is 0. The van der Waals surface area contributed by atoms with E-state index in [2.05, 4.69) is 6.92 Å². The van der Waals surface area contributed by atoms with Gasteiger partial charge in [-0.15, -0.1) is 0 Å². The molecular formula is C28H38O6. The molecule has 186 valence electrons. The van der Waals surface area contributed by atoms with Crippen molar-refractivity contribution in [3.63, 3.8) is 0 Å². The van der Waals surface area contributed by atoms with E-state index >= 15 is 0 Å². The smallest absolute Gasteiger partial charge is 0.303 e. The first kappa shape index (κ1) is 24.9. The number of aliphatic hydroxyl groups excluding tert-OH is 1. The maximum absolute atomic E-state index is 14.0. The largest absolute Gasteiger partial charge is 0.515 e. The molecule has 6 atom stereocenters. The van der Waals surface area contributed by atoms with Crippen molar-refractivity contribution in [1.29, 1.82) is 0 Å². The lowest BCUT2D eigenvalue weighted by molar-refractivity contribution is -0.142. The minimum Gasteiger partial charge on any atom is -0.515 e. The van der Waals surface area contributed by atoms with Gasteiger partial charge in [-0.25, -0.2) is 0 Å². The Labute approximate surface area is 201 Å². The fourth-order valence-electron chi connectivity index (χ4n) is 8.41. The van der Waals surface area contributed by atoms with Gasteiger partial charge in [0, 0.05) is 42.1 Å². The molecule has 2 saturated carbocycles. The van der Waals surface area contributed by atoms with Gasteiger partial charge in [0.2, 0.25) is 0 Å². The Bertz CT molecular complexity index is 1050. The summed E-state index contributed by atoms with van der Waals surface area (Å²) in [5.74, 6) is -0.873. The summed E-state index contributed by atoms with van der Waals surface area (Å²) in [4.78, 5) is 51.9. The van der Waals surface area contributed by atoms with Crippen molar-refractivity contribution in [2.75, 3.05) is 0 Å². The van der Waals surface area contributed by atoms with Crippen molar-refractivity contribution < 1.29 is 29.4 Å². The molecule has 2 N–H and O–H groups in total. The molecule has 6 nitrogen and oxygen atoms in total. The highest BCUT2D eigenvalue weighted by molar-refractivity contribution is 6.06. The minimum atomic E-state index is -0.938. The topological polar surface area (TPSA) is 109 Å². The molecule has 3 unspecified atom stereocenters. The van der Waals surface area contributed by atoms with Crippen LogP contribution in [0.25, 0.3) is 0 Å². The predicted molar refractivity (Wildman–Crippen MR) is 127 cm³/mol. The van der Waals surface area contributed by atoms with Crippen LogP contribution in [0, 0.1) is 39.4 Å². The van der Waals surface area contributed by atoms with Crippen molar-refractivity contribution in [1.82, 2.24) is 0 Å². The van der Waals surface area contributed by atoms with Crippen LogP contribution in [-0.4, -0.2) is 33.5 Å². The molecule has 4 rings (SSSR count). The Morgan fingerprint density at radius 2 is 1.71 bits per heavy atom. The summed E-state index contributed by atoms with van der Waals surface area (Å²) in [5, 5.41) is 19.6. The van der Waals surface area contributed by atoms with Crippen molar-refractivity contribution in [3.05, 3.63) is 23.0 Å². The third-order valence-electron chi connectivity index (χ3n) is 10.7. The molecule has 0 aromatic rings. The zero-order chi connectivity index (χ0) is 25.4. The van der Waals surface area contributed by atoms with Crippen molar-refractivity contribution >= 4 is 23.3 Å². The van der Waals surface area contributed by atoms with Gasteiger partial charge >= 0.3 is 5.97 Å². The van der Waals surface area contributed by atoms with E-state index in [-0.39, 0.29) is 47.9 Å². The van der Waals surface area contributed by atoms with Gasteiger partial charge in [0.1, 0.15) is 11.6 Å². The summed E-state index contributed by atoms with van der Waals surface area (Å²) >= 11 is 0. The molecule has 0 saturated heterocycles. The molecule has 4 aliphatic carbocycles. The van der Waals surface area contributed by atoms with E-state index in [4.69, 9.17) is 0 Å². The Hall–Kier alpha value is -2.24. The molecule has 0 bridgehead atoms. The monoisotopic (exact) mass is 470 g/mol. The number of carboxylic acid groups (broad SMARTS) is 1. The Morgan fingerprint density at radius 3 is 2.29 bits per heavy atom. The van der Waals surface area contributed by atoms with Crippen molar-refractivity contribution in [2.24, 2.45) is 39.4 Å². The summed E-state index contributed by atoms with van der Waals surface area (Å²) in [6.07, 6.45) is 3.51. The molecule has 4 aliphatic rings. The van der Waals surface area contributed by atoms with Crippen LogP contribution in [0.15, 0.2) is 23.0 Å². The SMILES string of the molecule is C[C@H](CCC(=O)O)[C@H]1CC(=O)[C@@]2(C)C3=C(C(=O)CC12C)C1(C)CCC(=O)C(C)(C)C1C/C3=C\O. The Morgan fingerprint density at radius 1 is 1.06 bits per heavy atom. The quantitative estimate of drug-likeness (QED) is 0.546. The second-order valence-electron chi connectivity index (χ2n) is 12.5. The van der Waals surface area contributed by atoms with E-state index in [1.54, 1.807) is 0 Å². The fourth-order valence-corrected chi connectivity index (χ4v) is 8.41. The minimum absolute atomic E-state index is 0.0109. The van der Waals surface area contributed by atoms with Crippen LogP contribution in [0.5, 0.6) is 0 Å². The van der Waals surface area contributed by atoms with Crippen LogP contribution in [0.1, 0.15) is 86.5 Å². The molecule has 6 heteroatoms. The van der Waals surface area contributed by atoms with Gasteiger partial charge in [-0.3, -0.25) is 19.2 Å². The number of allylic oxidation sites excluding steroid dienone is 3. The summed E-state index contributed by atoms with van der Waals surface area (Å²) in [6.45, 7) is 11.9. The Balaban J connectivity index is 1.90. The standard InChI is InChI=1S/C28H38O6/c1-15(7-8-22(33)34)17-12-21(32)28(6)23-16(14-29)11-19-25(2,3)20(31)9-10-26(19,4)24(23)18(30)13-27(17,28)5/h14-15,17,19,29H,7-13H2,1-6H3,(H,33,34)/b16-14+/t15-,17-,19?,26?,27?,28+/m1/s1. The zero-order valence-electron chi connectivity index (χ0n) is 21.3. The van der Waals surface area contributed by atoms with Gasteiger partial charge in [0.25, 0.3) is 0 Å². The number of carbonyl (C=O) groups excluding carboxylic acids is 3. The molecule has 0 amide bonds. The number of aliphatic carboxylic acids is 1. The second-order valence-corrected chi connectivity index (χ2v) is 12.5. The van der Waals surface area contributed by atoms with E-state index in [0.29, 0.717) is 48.8 Å². The number of ketones is 3. The maximum Gasteiger partial charge on any atom is 0.303 e. The number of hydrogen-bond acceptors (Lipinski definition) is 5. The van der Waals surface area contributed by atoms with E-state index < -0.39 is 27.6 Å². The van der Waals surface area contributed by atoms with Crippen LogP contribution in [0.2, 0.25) is 0 Å². The predicted octanol–water partition coefficient (Wildman–Crippen LogP) is 5.22. The fraction of sp³-hybridized carbons (Fsp3) is 0.714. The number of carboxylic acids is 1. The van der Waals surface area contributed by atoms with Gasteiger partial charge in [-0.2, -0.15) is 0 Å². The Kier molecular flexibility index (Phi) is 5.58. The normalized spacial score (nSPS) is 41.2. The number of hydrogen-bond donors (Lipinski definition) is 2. The van der Waals surface area contributed by atoms with Crippen molar-refractivity contribution in [2.45, 2.75) is 86.5 Å². The molecule has 34 heavy (non-hydrogen) atoms. The average molecular weight is 471 g/mol. The third kappa shape index (κ3) is 2.99. The highest BCUT2D eigenvalue weighted by Gasteiger charge is 2.69. The molecule has 0 heterocycles. The number of carbonyl (C=O) groups is 4. The molecule has 0 aromatic heterocycles. The van der Waals surface area contributed by atoms with E-state index in [9.17, 15) is 29.4 Å². The van der Waals surface area contributed by atoms with Gasteiger partial charge in [0.05, 0.1) is 11.7 Å². The van der Waals surface area contributed by atoms with Crippen LogP contribution in [0.4, 0.5) is 0 Å². The van der Waals surface area contributed by atoms with Gasteiger partial charge in [-0.1, -0.05) is 34.6 Å². The second kappa shape index (κ2) is 7.63. The lowest BCUT2D eigenvalue weighted by atomic mass is 9.42. The molecule has 0 radical (unpaired) electrons. The summed E-state index contributed by atoms with van der Waals surface area (Å²) in [5.41, 5.74) is -0.813. The molecular weight excluding hydrogens is 432 g/mol. The number of aliphatic hydroxyl groups is 1. The molecule has 2 fully saturated rings. The number of fused-ring (bicyclic) bond motifs is 4. The number of Topliss-reactive ketones (excluding diaryl/α,β-unsaturated/α-hetero) is 3. The average Bonchev–Trinajstić information content (AvgIpc) is 2.96. The van der Waals surface area contributed by atoms with E-state index in [1.807, 2.05) is 34.6 Å². The lowest BCUT2D eigenvalue weighted by Gasteiger charge is -2.59. The number of rotatable bonds is 4. The molecule has 0 spiro atoms. The maximum atomic E-state index is 14.0. The highest BCUT2D eigenvalue weighted by atomic mass is 16.4. The van der Waals surface area contributed by atoms with Crippen LogP contribution in [-0.2, 0) is 19.2 Å². The van der Waals surface area contributed by atoms with Crippen LogP contribution in [0.3, 0.4) is 0 Å². The van der Waals surface area contributed by atoms with E-state index in [0.717, 1.165) is 6.26 Å². The zero-order valence-corrected chi connectivity index (χ0v) is 21.3. The van der Waals surface area contributed by atoms with Crippen LogP contribution < -0.4 is 0 Å². The third-order valence-corrected chi connectivity index (χ3v) is 10.7. The molecule has 0 aliphatic heterocycles. The van der Waals surface area contributed by atoms with Crippen LogP contribution >= 0.6 is 0 Å². The van der Waals surface area contributed by atoms with Gasteiger partial charge in [0.15, 0.2) is 5.78 Å². The summed E-state index contributed by atoms with van der Waals surface area (Å²) in [7, 11) is 0. The first-order chi connectivity index (χ1) is 15.7. The van der Waals surface area contributed by atoms with Crippen molar-refractivity contribution in [3.8, 4) is 0 Å². The summed E-state index contributed by atoms with van der Waals surface area (Å²) < 4.78 is 0. The van der Waals surface area contributed by atoms with E-state index in [1.165, 1.54) is 0 Å². The first-order valence-electron chi connectivity index (χ1n) is 12.6. The first-order valence-corrected chi connectivity index (χ1v) is 12.6. The lowest BCUT2D eigenvalue weighted by Crippen LogP contribution is -2.57. The molecule has 0 aromatic carbocycles. The van der Waals surface area contributed by atoms with Gasteiger partial charge in [-0.05, 0) is 60.5 Å². The van der Waals surface area contributed by atoms with Gasteiger partial charge < -0.3 is 10.2 Å². The highest BCUT2D eigenvalue weighted by Crippen LogP contribution is 2.71.